The van der Waals surface area contributed by atoms with Gasteiger partial charge in [-0.1, -0.05) is 29.8 Å². The quantitative estimate of drug-likeness (QED) is 0.942. The van der Waals surface area contributed by atoms with Gasteiger partial charge in [0.05, 0.1) is 12.4 Å². The number of carbonyl (C=O) groups is 1. The summed E-state index contributed by atoms with van der Waals surface area (Å²) in [7, 11) is 0. The summed E-state index contributed by atoms with van der Waals surface area (Å²) in [6.07, 6.45) is 4.23. The van der Waals surface area contributed by atoms with Crippen LogP contribution in [0.5, 0.6) is 0 Å². The van der Waals surface area contributed by atoms with Crippen LogP contribution in [0.15, 0.2) is 41.3 Å². The first kappa shape index (κ1) is 13.7. The molecule has 0 aliphatic carbocycles. The van der Waals surface area contributed by atoms with Crippen LogP contribution < -0.4 is 5.32 Å². The first-order valence-electron chi connectivity index (χ1n) is 5.96. The number of aryl methyl sites for hydroxylation is 2. The maximum absolute atomic E-state index is 11.8. The molecule has 0 radical (unpaired) electrons. The van der Waals surface area contributed by atoms with Gasteiger partial charge < -0.3 is 5.32 Å². The number of hydrogen-bond donors (Lipinski definition) is 1. The average molecular weight is 320 g/mol. The van der Waals surface area contributed by atoms with Crippen molar-refractivity contribution in [1.29, 1.82) is 0 Å². The highest BCUT2D eigenvalue weighted by Gasteiger charge is 2.04. The van der Waals surface area contributed by atoms with Crippen LogP contribution in [0.4, 0.5) is 5.82 Å². The Morgan fingerprint density at radius 3 is 2.84 bits per heavy atom. The Morgan fingerprint density at radius 2 is 2.16 bits per heavy atom. The average Bonchev–Trinajstić information content (AvgIpc) is 2.39. The maximum Gasteiger partial charge on any atom is 0.225 e. The predicted molar refractivity (Wildman–Crippen MR) is 77.9 cm³/mol. The van der Waals surface area contributed by atoms with E-state index in [9.17, 15) is 4.79 Å². The molecule has 1 aromatic carbocycles. The maximum atomic E-state index is 11.8. The van der Waals surface area contributed by atoms with Crippen LogP contribution in [0.3, 0.4) is 0 Å². The molecule has 0 aliphatic rings. The van der Waals surface area contributed by atoms with Crippen molar-refractivity contribution in [3.05, 3.63) is 52.4 Å². The monoisotopic (exact) mass is 319 g/mol. The zero-order chi connectivity index (χ0) is 13.7. The second-order valence-corrected chi connectivity index (χ2v) is 5.07. The van der Waals surface area contributed by atoms with Gasteiger partial charge >= 0.3 is 0 Å². The lowest BCUT2D eigenvalue weighted by atomic mass is 10.1. The van der Waals surface area contributed by atoms with E-state index in [4.69, 9.17) is 0 Å². The molecule has 4 nitrogen and oxygen atoms in total. The normalized spacial score (nSPS) is 10.2. The number of nitrogens with zero attached hydrogens (tertiary/aromatic N) is 2. The third-order valence-corrected chi connectivity index (χ3v) is 3.02. The van der Waals surface area contributed by atoms with E-state index in [2.05, 4.69) is 37.3 Å². The Balaban J connectivity index is 1.86. The van der Waals surface area contributed by atoms with Gasteiger partial charge in [0.1, 0.15) is 4.60 Å². The smallest absolute Gasteiger partial charge is 0.225 e. The standard InChI is InChI=1S/C14H14BrN3O/c1-10-3-2-4-11(7-10)5-6-14(19)18-13-9-16-12(15)8-17-13/h2-4,7-9H,5-6H2,1H3,(H,17,18,19). The van der Waals surface area contributed by atoms with E-state index in [1.54, 1.807) is 6.20 Å². The number of aromatic nitrogens is 2. The van der Waals surface area contributed by atoms with Crippen LogP contribution in [0.1, 0.15) is 17.5 Å². The van der Waals surface area contributed by atoms with E-state index in [0.717, 1.165) is 12.0 Å². The Kier molecular flexibility index (Phi) is 4.63. The summed E-state index contributed by atoms with van der Waals surface area (Å²) in [5, 5.41) is 2.72. The molecule has 0 saturated heterocycles. The largest absolute Gasteiger partial charge is 0.309 e. The van der Waals surface area contributed by atoms with Crippen LogP contribution in [0.25, 0.3) is 0 Å². The molecule has 2 aromatic rings. The molecular formula is C14H14BrN3O. The van der Waals surface area contributed by atoms with Gasteiger partial charge in [-0.25, -0.2) is 9.97 Å². The number of nitrogens with one attached hydrogen (secondary N) is 1. The molecule has 1 N–H and O–H groups in total. The van der Waals surface area contributed by atoms with Gasteiger partial charge in [-0.15, -0.1) is 0 Å². The van der Waals surface area contributed by atoms with Gasteiger partial charge in [0.25, 0.3) is 0 Å². The van der Waals surface area contributed by atoms with Crippen molar-refractivity contribution in [3.63, 3.8) is 0 Å². The number of rotatable bonds is 4. The van der Waals surface area contributed by atoms with Crippen molar-refractivity contribution >= 4 is 27.7 Å². The van der Waals surface area contributed by atoms with E-state index < -0.39 is 0 Å². The topological polar surface area (TPSA) is 54.9 Å². The summed E-state index contributed by atoms with van der Waals surface area (Å²) in [6.45, 7) is 2.04. The lowest BCUT2D eigenvalue weighted by Crippen LogP contribution is -2.13. The van der Waals surface area contributed by atoms with Crippen molar-refractivity contribution in [2.45, 2.75) is 19.8 Å². The van der Waals surface area contributed by atoms with Gasteiger partial charge in [-0.2, -0.15) is 0 Å². The van der Waals surface area contributed by atoms with Crippen LogP contribution in [-0.2, 0) is 11.2 Å². The number of amides is 1. The molecule has 98 valence electrons. The first-order valence-corrected chi connectivity index (χ1v) is 6.76. The molecule has 2 rings (SSSR count). The highest BCUT2D eigenvalue weighted by molar-refractivity contribution is 9.10. The van der Waals surface area contributed by atoms with Crippen LogP contribution >= 0.6 is 15.9 Å². The number of hydrogen-bond acceptors (Lipinski definition) is 3. The van der Waals surface area contributed by atoms with E-state index >= 15 is 0 Å². The van der Waals surface area contributed by atoms with E-state index in [0.29, 0.717) is 16.8 Å². The second-order valence-electron chi connectivity index (χ2n) is 4.26. The minimum absolute atomic E-state index is 0.0573. The Hall–Kier alpha value is -1.75. The van der Waals surface area contributed by atoms with Crippen LogP contribution in [0, 0.1) is 6.92 Å². The Labute approximate surface area is 120 Å². The minimum Gasteiger partial charge on any atom is -0.309 e. The summed E-state index contributed by atoms with van der Waals surface area (Å²) >= 11 is 3.19. The van der Waals surface area contributed by atoms with Gasteiger partial charge in [-0.05, 0) is 34.8 Å². The fourth-order valence-electron chi connectivity index (χ4n) is 1.71. The fourth-order valence-corrected chi connectivity index (χ4v) is 1.91. The molecule has 0 fully saturated rings. The molecule has 1 aromatic heterocycles. The van der Waals surface area contributed by atoms with Crippen LogP contribution in [0.2, 0.25) is 0 Å². The van der Waals surface area contributed by atoms with Gasteiger partial charge in [0.15, 0.2) is 5.82 Å². The first-order chi connectivity index (χ1) is 9.13. The minimum atomic E-state index is -0.0573. The van der Waals surface area contributed by atoms with Gasteiger partial charge in [0.2, 0.25) is 5.91 Å². The Bertz CT molecular complexity index is 569. The molecule has 0 atom stereocenters. The highest BCUT2D eigenvalue weighted by atomic mass is 79.9. The van der Waals surface area contributed by atoms with Crippen molar-refractivity contribution in [3.8, 4) is 0 Å². The highest BCUT2D eigenvalue weighted by Crippen LogP contribution is 2.09. The molecule has 1 heterocycles. The van der Waals surface area contributed by atoms with Crippen LogP contribution in [-0.4, -0.2) is 15.9 Å². The van der Waals surface area contributed by atoms with Crippen molar-refractivity contribution in [2.24, 2.45) is 0 Å². The predicted octanol–water partition coefficient (Wildman–Crippen LogP) is 3.12. The molecule has 0 aliphatic heterocycles. The fraction of sp³-hybridized carbons (Fsp3) is 0.214. The van der Waals surface area contributed by atoms with Gasteiger partial charge in [-0.3, -0.25) is 4.79 Å². The van der Waals surface area contributed by atoms with E-state index in [-0.39, 0.29) is 5.91 Å². The lowest BCUT2D eigenvalue weighted by molar-refractivity contribution is -0.116. The van der Waals surface area contributed by atoms with Crippen molar-refractivity contribution in [2.75, 3.05) is 5.32 Å². The van der Waals surface area contributed by atoms with E-state index in [1.165, 1.54) is 11.8 Å². The SMILES string of the molecule is Cc1cccc(CCC(=O)Nc2cnc(Br)cn2)c1. The summed E-state index contributed by atoms with van der Waals surface area (Å²) in [5.41, 5.74) is 2.37. The lowest BCUT2D eigenvalue weighted by Gasteiger charge is -2.04. The molecule has 0 unspecified atom stereocenters. The summed E-state index contributed by atoms with van der Waals surface area (Å²) in [6, 6.07) is 8.16. The number of benzene rings is 1. The molecule has 0 spiro atoms. The molecule has 5 heteroatoms. The molecule has 19 heavy (non-hydrogen) atoms. The molecule has 1 amide bonds. The molecular weight excluding hydrogens is 306 g/mol. The molecule has 0 bridgehead atoms. The van der Waals surface area contributed by atoms with Crippen molar-refractivity contribution in [1.82, 2.24) is 9.97 Å². The number of anilines is 1. The number of carbonyl (C=O) groups excluding carboxylic acids is 1. The zero-order valence-corrected chi connectivity index (χ0v) is 12.1. The summed E-state index contributed by atoms with van der Waals surface area (Å²) in [5.74, 6) is 0.413. The molecule has 0 saturated carbocycles. The third kappa shape index (κ3) is 4.44. The second kappa shape index (κ2) is 6.43. The van der Waals surface area contributed by atoms with Crippen molar-refractivity contribution < 1.29 is 4.79 Å². The van der Waals surface area contributed by atoms with Gasteiger partial charge in [0, 0.05) is 6.42 Å². The number of halogens is 1. The third-order valence-electron chi connectivity index (χ3n) is 2.61. The Morgan fingerprint density at radius 1 is 1.32 bits per heavy atom. The van der Waals surface area contributed by atoms with E-state index in [1.807, 2.05) is 25.1 Å². The zero-order valence-electron chi connectivity index (χ0n) is 10.6. The summed E-state index contributed by atoms with van der Waals surface area (Å²) in [4.78, 5) is 19.8. The summed E-state index contributed by atoms with van der Waals surface area (Å²) < 4.78 is 0.644.